The third-order valence-corrected chi connectivity index (χ3v) is 5.31. The monoisotopic (exact) mass is 305 g/mol. The van der Waals surface area contributed by atoms with Crippen LogP contribution < -0.4 is 11.1 Å². The smallest absolute Gasteiger partial charge is 0.257 e. The minimum Gasteiger partial charge on any atom is -0.431 e. The molecule has 2 aromatic rings. The third kappa shape index (κ3) is 2.78. The van der Waals surface area contributed by atoms with Crippen LogP contribution in [0.3, 0.4) is 0 Å². The number of para-hydroxylation sites is 2. The van der Waals surface area contributed by atoms with Gasteiger partial charge < -0.3 is 15.5 Å². The molecule has 5 nitrogen and oxygen atoms in total. The van der Waals surface area contributed by atoms with Crippen molar-refractivity contribution in [3.05, 3.63) is 24.3 Å². The number of carbonyl (C=O) groups is 1. The number of thioether (sulfide) groups is 1. The highest BCUT2D eigenvalue weighted by Crippen LogP contribution is 2.38. The van der Waals surface area contributed by atoms with Crippen molar-refractivity contribution in [1.29, 1.82) is 0 Å². The molecule has 1 heterocycles. The summed E-state index contributed by atoms with van der Waals surface area (Å²) in [6.07, 6.45) is 3.52. The van der Waals surface area contributed by atoms with Crippen molar-refractivity contribution in [2.45, 2.75) is 41.7 Å². The fourth-order valence-corrected chi connectivity index (χ4v) is 4.17. The van der Waals surface area contributed by atoms with E-state index in [1.807, 2.05) is 24.3 Å². The first-order chi connectivity index (χ1) is 10.1. The van der Waals surface area contributed by atoms with E-state index in [-0.39, 0.29) is 11.2 Å². The molecule has 1 amide bonds. The summed E-state index contributed by atoms with van der Waals surface area (Å²) in [4.78, 5) is 16.2. The summed E-state index contributed by atoms with van der Waals surface area (Å²) in [6, 6.07) is 7.72. The minimum atomic E-state index is -0.595. The summed E-state index contributed by atoms with van der Waals surface area (Å²) < 4.78 is 5.75. The Bertz CT molecular complexity index is 624. The van der Waals surface area contributed by atoms with Gasteiger partial charge in [-0.05, 0) is 44.9 Å². The van der Waals surface area contributed by atoms with Gasteiger partial charge >= 0.3 is 0 Å². The number of nitrogens with two attached hydrogens (primary N) is 1. The number of likely N-dealkylation sites (N-methyl/N-ethyl adjacent to an activating group) is 1. The number of nitrogens with zero attached hydrogens (tertiary/aromatic N) is 1. The molecule has 2 atom stereocenters. The molecular formula is C15H19N3O2S. The van der Waals surface area contributed by atoms with Gasteiger partial charge in [0.15, 0.2) is 5.58 Å². The summed E-state index contributed by atoms with van der Waals surface area (Å²) in [5.74, 6) is -0.270. The fraction of sp³-hybridized carbons (Fsp3) is 0.467. The Balaban J connectivity index is 1.76. The second kappa shape index (κ2) is 5.69. The molecule has 3 rings (SSSR count). The van der Waals surface area contributed by atoms with E-state index in [0.29, 0.717) is 11.6 Å². The van der Waals surface area contributed by atoms with Crippen molar-refractivity contribution in [2.24, 2.45) is 5.73 Å². The lowest BCUT2D eigenvalue weighted by Crippen LogP contribution is -2.57. The quantitative estimate of drug-likeness (QED) is 0.906. The summed E-state index contributed by atoms with van der Waals surface area (Å²) in [7, 11) is 1.80. The lowest BCUT2D eigenvalue weighted by molar-refractivity contribution is -0.125. The Morgan fingerprint density at radius 2 is 2.33 bits per heavy atom. The van der Waals surface area contributed by atoms with Gasteiger partial charge in [0.05, 0.1) is 5.54 Å². The number of primary amides is 1. The Morgan fingerprint density at radius 1 is 1.52 bits per heavy atom. The van der Waals surface area contributed by atoms with Crippen molar-refractivity contribution < 1.29 is 9.21 Å². The Labute approximate surface area is 127 Å². The van der Waals surface area contributed by atoms with Gasteiger partial charge in [-0.2, -0.15) is 0 Å². The maximum atomic E-state index is 11.8. The Hall–Kier alpha value is -1.53. The average Bonchev–Trinajstić information content (AvgIpc) is 2.89. The molecule has 0 saturated heterocycles. The predicted octanol–water partition coefficient (Wildman–Crippen LogP) is 2.31. The van der Waals surface area contributed by atoms with E-state index in [2.05, 4.69) is 10.3 Å². The van der Waals surface area contributed by atoms with Crippen LogP contribution in [0.1, 0.15) is 25.7 Å². The van der Waals surface area contributed by atoms with Crippen LogP contribution in [0, 0.1) is 0 Å². The molecular weight excluding hydrogens is 286 g/mol. The maximum Gasteiger partial charge on any atom is 0.257 e. The molecule has 1 aromatic carbocycles. The zero-order chi connectivity index (χ0) is 14.9. The second-order valence-corrected chi connectivity index (χ2v) is 6.73. The van der Waals surface area contributed by atoms with E-state index in [9.17, 15) is 4.79 Å². The van der Waals surface area contributed by atoms with E-state index in [4.69, 9.17) is 10.2 Å². The van der Waals surface area contributed by atoms with Gasteiger partial charge in [-0.25, -0.2) is 4.98 Å². The molecule has 1 aliphatic rings. The van der Waals surface area contributed by atoms with Gasteiger partial charge in [0.25, 0.3) is 5.22 Å². The van der Waals surface area contributed by atoms with E-state index >= 15 is 0 Å². The van der Waals surface area contributed by atoms with Gasteiger partial charge in [-0.15, -0.1) is 0 Å². The molecule has 1 fully saturated rings. The summed E-state index contributed by atoms with van der Waals surface area (Å²) in [6.45, 7) is 0. The van der Waals surface area contributed by atoms with E-state index in [1.54, 1.807) is 18.8 Å². The van der Waals surface area contributed by atoms with Crippen LogP contribution in [0.2, 0.25) is 0 Å². The molecule has 0 spiro atoms. The Morgan fingerprint density at radius 3 is 3.05 bits per heavy atom. The van der Waals surface area contributed by atoms with E-state index < -0.39 is 5.54 Å². The van der Waals surface area contributed by atoms with Gasteiger partial charge in [-0.3, -0.25) is 4.79 Å². The molecule has 6 heteroatoms. The number of aromatic nitrogens is 1. The first-order valence-electron chi connectivity index (χ1n) is 7.14. The number of hydrogen-bond donors (Lipinski definition) is 2. The highest BCUT2D eigenvalue weighted by atomic mass is 32.2. The van der Waals surface area contributed by atoms with Crippen LogP contribution in [-0.4, -0.2) is 28.7 Å². The van der Waals surface area contributed by atoms with Crippen LogP contribution >= 0.6 is 11.8 Å². The molecule has 1 aliphatic carbocycles. The number of amides is 1. The van der Waals surface area contributed by atoms with Crippen LogP contribution in [0.25, 0.3) is 11.1 Å². The lowest BCUT2D eigenvalue weighted by atomic mass is 9.81. The van der Waals surface area contributed by atoms with Crippen LogP contribution in [0.5, 0.6) is 0 Å². The molecule has 0 bridgehead atoms. The van der Waals surface area contributed by atoms with Gasteiger partial charge in [0.2, 0.25) is 5.91 Å². The van der Waals surface area contributed by atoms with Crippen molar-refractivity contribution in [3.8, 4) is 0 Å². The van der Waals surface area contributed by atoms with Gasteiger partial charge in [0.1, 0.15) is 5.52 Å². The molecule has 21 heavy (non-hydrogen) atoms. The van der Waals surface area contributed by atoms with Crippen LogP contribution in [0.15, 0.2) is 33.9 Å². The normalized spacial score (nSPS) is 26.0. The lowest BCUT2D eigenvalue weighted by Gasteiger charge is -2.37. The number of oxazole rings is 1. The highest BCUT2D eigenvalue weighted by molar-refractivity contribution is 7.99. The zero-order valence-electron chi connectivity index (χ0n) is 12.0. The Kier molecular flexibility index (Phi) is 3.91. The molecule has 1 aromatic heterocycles. The van der Waals surface area contributed by atoms with Crippen molar-refractivity contribution in [3.63, 3.8) is 0 Å². The number of carbonyl (C=O) groups excluding carboxylic acids is 1. The first kappa shape index (κ1) is 14.4. The van der Waals surface area contributed by atoms with Crippen molar-refractivity contribution >= 4 is 28.8 Å². The van der Waals surface area contributed by atoms with E-state index in [0.717, 1.165) is 30.4 Å². The summed E-state index contributed by atoms with van der Waals surface area (Å²) >= 11 is 1.60. The number of benzene rings is 1. The SMILES string of the molecule is CNC1(C(N)=O)CCCC(Sc2nc3ccccc3o2)C1. The molecule has 3 N–H and O–H groups in total. The molecule has 0 aliphatic heterocycles. The second-order valence-electron chi connectivity index (χ2n) is 5.48. The topological polar surface area (TPSA) is 81.1 Å². The maximum absolute atomic E-state index is 11.8. The number of rotatable bonds is 4. The summed E-state index contributed by atoms with van der Waals surface area (Å²) in [5, 5.41) is 4.07. The number of hydrogen-bond acceptors (Lipinski definition) is 5. The van der Waals surface area contributed by atoms with Crippen molar-refractivity contribution in [1.82, 2.24) is 10.3 Å². The van der Waals surface area contributed by atoms with Gasteiger partial charge in [-0.1, -0.05) is 23.9 Å². The molecule has 112 valence electrons. The largest absolute Gasteiger partial charge is 0.431 e. The molecule has 1 saturated carbocycles. The average molecular weight is 305 g/mol. The van der Waals surface area contributed by atoms with Crippen molar-refractivity contribution in [2.75, 3.05) is 7.05 Å². The first-order valence-corrected chi connectivity index (χ1v) is 8.02. The van der Waals surface area contributed by atoms with E-state index in [1.165, 1.54) is 0 Å². The highest BCUT2D eigenvalue weighted by Gasteiger charge is 2.40. The number of nitrogens with one attached hydrogen (secondary N) is 1. The molecule has 0 radical (unpaired) electrons. The number of fused-ring (bicyclic) bond motifs is 1. The molecule has 2 unspecified atom stereocenters. The van der Waals surface area contributed by atoms with Gasteiger partial charge in [0, 0.05) is 5.25 Å². The third-order valence-electron chi connectivity index (χ3n) is 4.20. The fourth-order valence-electron chi connectivity index (χ4n) is 2.94. The van der Waals surface area contributed by atoms with Crippen LogP contribution in [-0.2, 0) is 4.79 Å². The standard InChI is InChI=1S/C15H19N3O2S/c1-17-15(13(16)19)8-4-5-10(9-15)21-14-18-11-6-2-3-7-12(11)20-14/h2-3,6-7,10,17H,4-5,8-9H2,1H3,(H2,16,19). The zero-order valence-corrected chi connectivity index (χ0v) is 12.8. The van der Waals surface area contributed by atoms with Crippen LogP contribution in [0.4, 0.5) is 0 Å². The summed E-state index contributed by atoms with van der Waals surface area (Å²) in [5.41, 5.74) is 6.65. The predicted molar refractivity (Wildman–Crippen MR) is 83.1 cm³/mol. The minimum absolute atomic E-state index is 0.270.